The summed E-state index contributed by atoms with van der Waals surface area (Å²) in [6.07, 6.45) is 1.46. The van der Waals surface area contributed by atoms with Crippen LogP contribution in [0.1, 0.15) is 11.3 Å². The van der Waals surface area contributed by atoms with E-state index in [0.717, 1.165) is 16.8 Å². The van der Waals surface area contributed by atoms with Crippen LogP contribution in [0.5, 0.6) is 0 Å². The number of halogens is 1. The molecule has 1 heterocycles. The quantitative estimate of drug-likeness (QED) is 0.499. The molecule has 0 aliphatic heterocycles. The molecule has 1 amide bonds. The Morgan fingerprint density at radius 3 is 2.73 bits per heavy atom. The van der Waals surface area contributed by atoms with Crippen molar-refractivity contribution in [3.63, 3.8) is 0 Å². The van der Waals surface area contributed by atoms with E-state index < -0.39 is 0 Å². The van der Waals surface area contributed by atoms with E-state index in [2.05, 4.69) is 15.8 Å². The lowest BCUT2D eigenvalue weighted by atomic mass is 10.2. The van der Waals surface area contributed by atoms with Gasteiger partial charge in [-0.05, 0) is 61.0 Å². The minimum atomic E-state index is -0.243. The molecule has 0 unspecified atom stereocenters. The van der Waals surface area contributed by atoms with Gasteiger partial charge in [0.1, 0.15) is 11.5 Å². The first kappa shape index (κ1) is 17.8. The molecule has 0 bridgehead atoms. The second-order valence-corrected chi connectivity index (χ2v) is 6.16. The van der Waals surface area contributed by atoms with Gasteiger partial charge in [-0.1, -0.05) is 23.7 Å². The molecule has 132 valence electrons. The van der Waals surface area contributed by atoms with Crippen molar-refractivity contribution in [1.29, 1.82) is 0 Å². The Bertz CT molecular complexity index is 917. The average molecular weight is 368 g/mol. The van der Waals surface area contributed by atoms with Crippen molar-refractivity contribution in [2.75, 3.05) is 11.9 Å². The van der Waals surface area contributed by atoms with E-state index in [4.69, 9.17) is 16.0 Å². The molecule has 0 radical (unpaired) electrons. The number of carbonyl (C=O) groups is 1. The summed E-state index contributed by atoms with van der Waals surface area (Å²) < 4.78 is 5.67. The topological polar surface area (TPSA) is 66.6 Å². The summed E-state index contributed by atoms with van der Waals surface area (Å²) in [4.78, 5) is 11.8. The summed E-state index contributed by atoms with van der Waals surface area (Å²) in [6, 6.07) is 18.8. The predicted octanol–water partition coefficient (Wildman–Crippen LogP) is 4.47. The van der Waals surface area contributed by atoms with E-state index in [1.54, 1.807) is 18.2 Å². The fourth-order valence-electron chi connectivity index (χ4n) is 2.34. The Balaban J connectivity index is 1.50. The Morgan fingerprint density at radius 2 is 1.96 bits per heavy atom. The van der Waals surface area contributed by atoms with Crippen molar-refractivity contribution in [2.45, 2.75) is 6.92 Å². The molecule has 0 aliphatic rings. The molecule has 3 rings (SSSR count). The van der Waals surface area contributed by atoms with Gasteiger partial charge in [0.25, 0.3) is 5.91 Å². The number of aryl methyl sites for hydroxylation is 1. The highest BCUT2D eigenvalue weighted by Crippen LogP contribution is 2.23. The van der Waals surface area contributed by atoms with Crippen LogP contribution in [0.15, 0.2) is 70.2 Å². The minimum Gasteiger partial charge on any atom is -0.455 e. The summed E-state index contributed by atoms with van der Waals surface area (Å²) in [6.45, 7) is 2.13. The molecule has 0 fully saturated rings. The zero-order valence-corrected chi connectivity index (χ0v) is 15.0. The molecule has 0 atom stereocenters. The predicted molar refractivity (Wildman–Crippen MR) is 105 cm³/mol. The van der Waals surface area contributed by atoms with Crippen LogP contribution in [0, 0.1) is 6.92 Å². The number of hydrazone groups is 1. The van der Waals surface area contributed by atoms with Gasteiger partial charge in [-0.15, -0.1) is 0 Å². The standard InChI is InChI=1S/C20H18ClN3O2/c1-14-3-2-4-17(11-14)22-13-20(25)24-23-12-18-9-10-19(26-18)15-5-7-16(21)8-6-15/h2-12,22H,13H2,1H3,(H,24,25)/b23-12-. The van der Waals surface area contributed by atoms with Crippen molar-refractivity contribution >= 4 is 29.4 Å². The van der Waals surface area contributed by atoms with Gasteiger partial charge in [0.2, 0.25) is 0 Å². The molecule has 0 spiro atoms. The molecule has 26 heavy (non-hydrogen) atoms. The minimum absolute atomic E-state index is 0.134. The number of furan rings is 1. The number of hydrogen-bond donors (Lipinski definition) is 2. The number of nitrogens with one attached hydrogen (secondary N) is 2. The SMILES string of the molecule is Cc1cccc(NCC(=O)N/N=C\c2ccc(-c3ccc(Cl)cc3)o2)c1. The normalized spacial score (nSPS) is 10.8. The van der Waals surface area contributed by atoms with E-state index in [-0.39, 0.29) is 12.5 Å². The van der Waals surface area contributed by atoms with Gasteiger partial charge >= 0.3 is 0 Å². The molecular formula is C20H18ClN3O2. The molecule has 0 saturated heterocycles. The molecule has 6 heteroatoms. The molecule has 0 aliphatic carbocycles. The Kier molecular flexibility index (Phi) is 5.71. The Labute approximate surface area is 156 Å². The van der Waals surface area contributed by atoms with E-state index in [9.17, 15) is 4.79 Å². The zero-order valence-electron chi connectivity index (χ0n) is 14.2. The van der Waals surface area contributed by atoms with Crippen LogP contribution >= 0.6 is 11.6 Å². The summed E-state index contributed by atoms with van der Waals surface area (Å²) in [5.41, 5.74) is 5.40. The van der Waals surface area contributed by atoms with Crippen molar-refractivity contribution in [3.05, 3.63) is 77.0 Å². The lowest BCUT2D eigenvalue weighted by molar-refractivity contribution is -0.119. The highest BCUT2D eigenvalue weighted by molar-refractivity contribution is 6.30. The number of amides is 1. The molecule has 1 aromatic heterocycles. The zero-order chi connectivity index (χ0) is 18.4. The molecule has 0 saturated carbocycles. The van der Waals surface area contributed by atoms with Crippen molar-refractivity contribution < 1.29 is 9.21 Å². The van der Waals surface area contributed by atoms with Gasteiger partial charge in [-0.25, -0.2) is 5.43 Å². The second kappa shape index (κ2) is 8.36. The monoisotopic (exact) mass is 367 g/mol. The smallest absolute Gasteiger partial charge is 0.259 e. The lowest BCUT2D eigenvalue weighted by Gasteiger charge is -2.05. The van der Waals surface area contributed by atoms with Crippen LogP contribution in [0.4, 0.5) is 5.69 Å². The third kappa shape index (κ3) is 4.97. The van der Waals surface area contributed by atoms with Gasteiger partial charge in [-0.2, -0.15) is 5.10 Å². The van der Waals surface area contributed by atoms with E-state index >= 15 is 0 Å². The molecule has 3 aromatic rings. The molecular weight excluding hydrogens is 350 g/mol. The maximum atomic E-state index is 11.8. The van der Waals surface area contributed by atoms with Gasteiger partial charge < -0.3 is 9.73 Å². The van der Waals surface area contributed by atoms with Crippen molar-refractivity contribution in [3.8, 4) is 11.3 Å². The third-order valence-electron chi connectivity index (χ3n) is 3.61. The van der Waals surface area contributed by atoms with Gasteiger partial charge in [-0.3, -0.25) is 4.79 Å². The summed E-state index contributed by atoms with van der Waals surface area (Å²) in [5.74, 6) is 1.00. The lowest BCUT2D eigenvalue weighted by Crippen LogP contribution is -2.25. The number of rotatable bonds is 6. The first-order valence-electron chi connectivity index (χ1n) is 8.08. The first-order chi connectivity index (χ1) is 12.6. The fraction of sp³-hybridized carbons (Fsp3) is 0.100. The maximum absolute atomic E-state index is 11.8. The number of hydrogen-bond acceptors (Lipinski definition) is 4. The van der Waals surface area contributed by atoms with E-state index in [1.165, 1.54) is 6.21 Å². The Hall–Kier alpha value is -3.05. The number of benzene rings is 2. The maximum Gasteiger partial charge on any atom is 0.259 e. The summed E-state index contributed by atoms with van der Waals surface area (Å²) in [5, 5.41) is 7.63. The van der Waals surface area contributed by atoms with Crippen molar-refractivity contribution in [2.24, 2.45) is 5.10 Å². The van der Waals surface area contributed by atoms with Gasteiger partial charge in [0, 0.05) is 16.3 Å². The van der Waals surface area contributed by atoms with Gasteiger partial charge in [0.05, 0.1) is 12.8 Å². The first-order valence-corrected chi connectivity index (χ1v) is 8.46. The highest BCUT2D eigenvalue weighted by Gasteiger charge is 2.04. The van der Waals surface area contributed by atoms with Crippen LogP contribution in [0.25, 0.3) is 11.3 Å². The second-order valence-electron chi connectivity index (χ2n) is 5.73. The third-order valence-corrected chi connectivity index (χ3v) is 3.86. The van der Waals surface area contributed by atoms with Gasteiger partial charge in [0.15, 0.2) is 0 Å². The van der Waals surface area contributed by atoms with Crippen LogP contribution in [-0.4, -0.2) is 18.7 Å². The summed E-state index contributed by atoms with van der Waals surface area (Å²) in [7, 11) is 0. The van der Waals surface area contributed by atoms with Crippen LogP contribution in [0.2, 0.25) is 5.02 Å². The molecule has 2 N–H and O–H groups in total. The number of nitrogens with zero attached hydrogens (tertiary/aromatic N) is 1. The van der Waals surface area contributed by atoms with Crippen LogP contribution in [0.3, 0.4) is 0 Å². The van der Waals surface area contributed by atoms with Crippen LogP contribution < -0.4 is 10.7 Å². The average Bonchev–Trinajstić information content (AvgIpc) is 3.09. The molecule has 5 nitrogen and oxygen atoms in total. The van der Waals surface area contributed by atoms with E-state index in [1.807, 2.05) is 49.4 Å². The summed E-state index contributed by atoms with van der Waals surface area (Å²) >= 11 is 5.88. The Morgan fingerprint density at radius 1 is 1.15 bits per heavy atom. The van der Waals surface area contributed by atoms with Crippen LogP contribution in [-0.2, 0) is 4.79 Å². The highest BCUT2D eigenvalue weighted by atomic mass is 35.5. The molecule has 2 aromatic carbocycles. The van der Waals surface area contributed by atoms with E-state index in [0.29, 0.717) is 16.5 Å². The van der Waals surface area contributed by atoms with Crippen molar-refractivity contribution in [1.82, 2.24) is 5.43 Å². The number of anilines is 1. The largest absolute Gasteiger partial charge is 0.455 e. The number of carbonyl (C=O) groups excluding carboxylic acids is 1. The fourth-order valence-corrected chi connectivity index (χ4v) is 2.46.